The summed E-state index contributed by atoms with van der Waals surface area (Å²) < 4.78 is 0.961. The third-order valence-electron chi connectivity index (χ3n) is 3.30. The van der Waals surface area contributed by atoms with Gasteiger partial charge in [0, 0.05) is 10.9 Å². The Morgan fingerprint density at radius 3 is 2.59 bits per heavy atom. The Balaban J connectivity index is 2.05. The second-order valence-corrected chi connectivity index (χ2v) is 5.77. The Labute approximate surface area is 133 Å². The van der Waals surface area contributed by atoms with Gasteiger partial charge >= 0.3 is 5.97 Å². The Hall–Kier alpha value is -2.47. The van der Waals surface area contributed by atoms with Gasteiger partial charge in [0.1, 0.15) is 5.69 Å². The lowest BCUT2D eigenvalue weighted by molar-refractivity contribution is 0.0697. The van der Waals surface area contributed by atoms with E-state index in [1.54, 1.807) is 6.07 Å². The van der Waals surface area contributed by atoms with Crippen molar-refractivity contribution in [1.82, 2.24) is 9.97 Å². The summed E-state index contributed by atoms with van der Waals surface area (Å²) in [6, 6.07) is 12.1. The molecule has 0 aliphatic rings. The minimum absolute atomic E-state index is 0.140. The number of nitrogens with one attached hydrogen (secondary N) is 1. The van der Waals surface area contributed by atoms with Crippen LogP contribution in [0.4, 0.5) is 0 Å². The van der Waals surface area contributed by atoms with Crippen molar-refractivity contribution < 1.29 is 9.90 Å². The van der Waals surface area contributed by atoms with Gasteiger partial charge in [-0.25, -0.2) is 9.78 Å². The number of rotatable bonds is 3. The summed E-state index contributed by atoms with van der Waals surface area (Å²) in [4.78, 5) is 30.1. The molecule has 3 aromatic rings. The van der Waals surface area contributed by atoms with Gasteiger partial charge in [0.2, 0.25) is 0 Å². The molecule has 3 rings (SSSR count). The maximum atomic E-state index is 12.1. The van der Waals surface area contributed by atoms with Crippen LogP contribution < -0.4 is 5.56 Å². The van der Waals surface area contributed by atoms with Crippen molar-refractivity contribution in [2.45, 2.75) is 6.42 Å². The SMILES string of the molecule is O=C(O)c1ccc2[nH]c(=O)c(Cc3ccc(Br)cc3)nc2c1. The van der Waals surface area contributed by atoms with Crippen molar-refractivity contribution in [3.05, 3.63) is 74.1 Å². The summed E-state index contributed by atoms with van der Waals surface area (Å²) in [5, 5.41) is 9.03. The lowest BCUT2D eigenvalue weighted by atomic mass is 10.1. The van der Waals surface area contributed by atoms with Crippen molar-refractivity contribution in [2.75, 3.05) is 0 Å². The Morgan fingerprint density at radius 1 is 1.18 bits per heavy atom. The topological polar surface area (TPSA) is 83.0 Å². The van der Waals surface area contributed by atoms with Crippen LogP contribution in [0.3, 0.4) is 0 Å². The van der Waals surface area contributed by atoms with Crippen LogP contribution in [0.5, 0.6) is 0 Å². The summed E-state index contributed by atoms with van der Waals surface area (Å²) >= 11 is 3.36. The molecule has 0 bridgehead atoms. The average Bonchev–Trinajstić information content (AvgIpc) is 2.49. The number of carboxylic acids is 1. The lowest BCUT2D eigenvalue weighted by Crippen LogP contribution is -2.15. The quantitative estimate of drug-likeness (QED) is 0.753. The van der Waals surface area contributed by atoms with Crippen LogP contribution in [0.1, 0.15) is 21.6 Å². The second-order valence-electron chi connectivity index (χ2n) is 4.85. The third-order valence-corrected chi connectivity index (χ3v) is 3.82. The zero-order valence-electron chi connectivity index (χ0n) is 11.3. The maximum Gasteiger partial charge on any atom is 0.335 e. The highest BCUT2D eigenvalue weighted by atomic mass is 79.9. The minimum Gasteiger partial charge on any atom is -0.478 e. The fourth-order valence-corrected chi connectivity index (χ4v) is 2.43. The van der Waals surface area contributed by atoms with Gasteiger partial charge in [-0.1, -0.05) is 28.1 Å². The van der Waals surface area contributed by atoms with Crippen LogP contribution in [0.2, 0.25) is 0 Å². The number of nitrogens with zero attached hydrogens (tertiary/aromatic N) is 1. The van der Waals surface area contributed by atoms with Crippen molar-refractivity contribution in [1.29, 1.82) is 0 Å². The van der Waals surface area contributed by atoms with Crippen molar-refractivity contribution in [3.63, 3.8) is 0 Å². The van der Waals surface area contributed by atoms with Crippen LogP contribution in [0, 0.1) is 0 Å². The number of H-pyrrole nitrogens is 1. The molecule has 0 atom stereocenters. The normalized spacial score (nSPS) is 10.8. The van der Waals surface area contributed by atoms with Gasteiger partial charge in [0.05, 0.1) is 16.6 Å². The zero-order chi connectivity index (χ0) is 15.7. The summed E-state index contributed by atoms with van der Waals surface area (Å²) in [6.07, 6.45) is 0.385. The summed E-state index contributed by atoms with van der Waals surface area (Å²) in [5.41, 5.74) is 2.17. The number of carboxylic acid groups (broad SMARTS) is 1. The van der Waals surface area contributed by atoms with E-state index in [0.717, 1.165) is 10.0 Å². The first kappa shape index (κ1) is 14.5. The van der Waals surface area contributed by atoms with Crippen LogP contribution in [-0.4, -0.2) is 21.0 Å². The molecule has 0 saturated carbocycles. The van der Waals surface area contributed by atoms with Crippen LogP contribution >= 0.6 is 15.9 Å². The summed E-state index contributed by atoms with van der Waals surface area (Å²) in [5.74, 6) is -1.02. The van der Waals surface area contributed by atoms with Crippen molar-refractivity contribution >= 4 is 32.9 Å². The average molecular weight is 359 g/mol. The highest BCUT2D eigenvalue weighted by Gasteiger charge is 2.09. The molecule has 0 saturated heterocycles. The third kappa shape index (κ3) is 2.92. The van der Waals surface area contributed by atoms with Crippen LogP contribution in [-0.2, 0) is 6.42 Å². The predicted octanol–water partition coefficient (Wildman–Crippen LogP) is 2.97. The van der Waals surface area contributed by atoms with Crippen LogP contribution in [0.15, 0.2) is 51.7 Å². The first-order valence-electron chi connectivity index (χ1n) is 6.53. The monoisotopic (exact) mass is 358 g/mol. The van der Waals surface area contributed by atoms with E-state index in [2.05, 4.69) is 25.9 Å². The predicted molar refractivity (Wildman–Crippen MR) is 86.3 cm³/mol. The van der Waals surface area contributed by atoms with Gasteiger partial charge in [-0.05, 0) is 35.9 Å². The number of carbonyl (C=O) groups is 1. The lowest BCUT2D eigenvalue weighted by Gasteiger charge is -2.04. The fraction of sp³-hybridized carbons (Fsp3) is 0.0625. The van der Waals surface area contributed by atoms with E-state index in [1.807, 2.05) is 24.3 Å². The van der Waals surface area contributed by atoms with Crippen molar-refractivity contribution in [3.8, 4) is 0 Å². The Kier molecular flexibility index (Phi) is 3.77. The van der Waals surface area contributed by atoms with E-state index in [0.29, 0.717) is 23.1 Å². The van der Waals surface area contributed by atoms with E-state index in [9.17, 15) is 9.59 Å². The first-order valence-corrected chi connectivity index (χ1v) is 7.33. The molecule has 0 radical (unpaired) electrons. The molecule has 0 spiro atoms. The number of aromatic carboxylic acids is 1. The molecule has 0 fully saturated rings. The number of fused-ring (bicyclic) bond motifs is 1. The molecular weight excluding hydrogens is 348 g/mol. The number of hydrogen-bond donors (Lipinski definition) is 2. The number of benzene rings is 2. The second kappa shape index (κ2) is 5.73. The fourth-order valence-electron chi connectivity index (χ4n) is 2.17. The van der Waals surface area contributed by atoms with Crippen LogP contribution in [0.25, 0.3) is 11.0 Å². The zero-order valence-corrected chi connectivity index (χ0v) is 12.9. The van der Waals surface area contributed by atoms with Gasteiger partial charge < -0.3 is 10.1 Å². The van der Waals surface area contributed by atoms with Gasteiger partial charge in [-0.15, -0.1) is 0 Å². The molecule has 110 valence electrons. The summed E-state index contributed by atoms with van der Waals surface area (Å²) in [6.45, 7) is 0. The highest BCUT2D eigenvalue weighted by Crippen LogP contribution is 2.14. The first-order chi connectivity index (χ1) is 10.5. The molecule has 0 aliphatic carbocycles. The molecule has 1 heterocycles. The van der Waals surface area contributed by atoms with E-state index in [-0.39, 0.29) is 11.1 Å². The standard InChI is InChI=1S/C16H11BrN2O3/c17-11-4-1-9(2-5-11)7-14-15(20)19-12-6-3-10(16(21)22)8-13(12)18-14/h1-6,8H,7H2,(H,19,20)(H,21,22). The van der Waals surface area contributed by atoms with Gasteiger partial charge in [0.15, 0.2) is 0 Å². The molecule has 1 aromatic heterocycles. The molecule has 2 aromatic carbocycles. The maximum absolute atomic E-state index is 12.1. The molecule has 0 aliphatic heterocycles. The van der Waals surface area contributed by atoms with Gasteiger partial charge in [-0.2, -0.15) is 0 Å². The molecule has 2 N–H and O–H groups in total. The highest BCUT2D eigenvalue weighted by molar-refractivity contribution is 9.10. The van der Waals surface area contributed by atoms with Gasteiger partial charge in [-0.3, -0.25) is 4.79 Å². The number of hydrogen-bond acceptors (Lipinski definition) is 3. The van der Waals surface area contributed by atoms with E-state index < -0.39 is 5.97 Å². The van der Waals surface area contributed by atoms with E-state index >= 15 is 0 Å². The Bertz CT molecular complexity index is 917. The largest absolute Gasteiger partial charge is 0.478 e. The molecule has 22 heavy (non-hydrogen) atoms. The molecule has 0 amide bonds. The minimum atomic E-state index is -1.02. The molecule has 0 unspecified atom stereocenters. The Morgan fingerprint density at radius 2 is 1.91 bits per heavy atom. The molecular formula is C16H11BrN2O3. The van der Waals surface area contributed by atoms with E-state index in [1.165, 1.54) is 12.1 Å². The van der Waals surface area contributed by atoms with Gasteiger partial charge in [0.25, 0.3) is 5.56 Å². The number of halogens is 1. The van der Waals surface area contributed by atoms with Crippen molar-refractivity contribution in [2.24, 2.45) is 0 Å². The van der Waals surface area contributed by atoms with E-state index in [4.69, 9.17) is 5.11 Å². The molecule has 6 heteroatoms. The smallest absolute Gasteiger partial charge is 0.335 e. The molecule has 5 nitrogen and oxygen atoms in total. The summed E-state index contributed by atoms with van der Waals surface area (Å²) in [7, 11) is 0. The number of aromatic amines is 1. The number of aromatic nitrogens is 2.